The highest BCUT2D eigenvalue weighted by molar-refractivity contribution is 7.88. The van der Waals surface area contributed by atoms with Crippen LogP contribution in [-0.4, -0.2) is 58.8 Å². The number of carbonyl (C=O) groups excluding carboxylic acids is 1. The first kappa shape index (κ1) is 19.1. The van der Waals surface area contributed by atoms with E-state index in [9.17, 15) is 18.0 Å². The summed E-state index contributed by atoms with van der Waals surface area (Å²) in [5.74, 6) is -1.61. The van der Waals surface area contributed by atoms with Crippen LogP contribution in [0.25, 0.3) is 5.69 Å². The molecule has 10 heteroatoms. The molecule has 1 fully saturated rings. The maximum Gasteiger partial charge on any atom is 0.356 e. The van der Waals surface area contributed by atoms with Crippen molar-refractivity contribution in [2.75, 3.05) is 24.7 Å². The molecule has 0 atom stereocenters. The van der Waals surface area contributed by atoms with Crippen LogP contribution in [0.5, 0.6) is 0 Å². The summed E-state index contributed by atoms with van der Waals surface area (Å²) in [5.41, 5.74) is 0.962. The lowest BCUT2D eigenvalue weighted by Crippen LogP contribution is -2.40. The topological polar surface area (TPSA) is 122 Å². The number of rotatable bonds is 5. The first-order chi connectivity index (χ1) is 12.8. The number of nitrogens with zero attached hydrogens (tertiary/aromatic N) is 3. The van der Waals surface area contributed by atoms with E-state index in [2.05, 4.69) is 10.4 Å². The number of carboxylic acid groups (broad SMARTS) is 1. The van der Waals surface area contributed by atoms with Gasteiger partial charge in [0.15, 0.2) is 5.69 Å². The van der Waals surface area contributed by atoms with Gasteiger partial charge >= 0.3 is 5.97 Å². The van der Waals surface area contributed by atoms with Gasteiger partial charge in [-0.2, -0.15) is 5.10 Å². The molecule has 0 saturated carbocycles. The third kappa shape index (κ3) is 4.34. The maximum absolute atomic E-state index is 12.6. The van der Waals surface area contributed by atoms with Crippen LogP contribution in [0.2, 0.25) is 0 Å². The predicted octanol–water partition coefficient (Wildman–Crippen LogP) is 1.18. The molecule has 1 aliphatic heterocycles. The Morgan fingerprint density at radius 1 is 1.19 bits per heavy atom. The summed E-state index contributed by atoms with van der Waals surface area (Å²) in [6.07, 6.45) is 3.58. The van der Waals surface area contributed by atoms with Crippen LogP contribution in [0.4, 0.5) is 5.69 Å². The lowest BCUT2D eigenvalue weighted by atomic mass is 9.97. The molecule has 2 aromatic rings. The second-order valence-corrected chi connectivity index (χ2v) is 8.38. The molecule has 0 spiro atoms. The standard InChI is InChI=1S/C17H20N4O5S/c1-27(25,26)20-9-6-12(7-10-20)16(22)18-13-4-2-3-5-15(13)21-11-8-14(19-21)17(23)24/h2-5,8,11-12H,6-7,9-10H2,1H3,(H,18,22)(H,23,24). The molecule has 3 rings (SSSR count). The first-order valence-electron chi connectivity index (χ1n) is 8.40. The lowest BCUT2D eigenvalue weighted by molar-refractivity contribution is -0.120. The second kappa shape index (κ2) is 7.49. The van der Waals surface area contributed by atoms with E-state index >= 15 is 0 Å². The fraction of sp³-hybridized carbons (Fsp3) is 0.353. The van der Waals surface area contributed by atoms with Gasteiger partial charge in [-0.25, -0.2) is 22.2 Å². The molecule has 2 heterocycles. The molecule has 0 radical (unpaired) electrons. The number of amides is 1. The number of para-hydroxylation sites is 2. The first-order valence-corrected chi connectivity index (χ1v) is 10.2. The quantitative estimate of drug-likeness (QED) is 0.788. The highest BCUT2D eigenvalue weighted by Crippen LogP contribution is 2.24. The number of carboxylic acids is 1. The van der Waals surface area contributed by atoms with Gasteiger partial charge in [0.2, 0.25) is 15.9 Å². The van der Waals surface area contributed by atoms with Gasteiger partial charge in [0, 0.05) is 25.2 Å². The van der Waals surface area contributed by atoms with Crippen molar-refractivity contribution < 1.29 is 23.1 Å². The van der Waals surface area contributed by atoms with E-state index in [1.54, 1.807) is 24.3 Å². The maximum atomic E-state index is 12.6. The Morgan fingerprint density at radius 2 is 1.85 bits per heavy atom. The lowest BCUT2D eigenvalue weighted by Gasteiger charge is -2.29. The molecular formula is C17H20N4O5S. The summed E-state index contributed by atoms with van der Waals surface area (Å²) in [4.78, 5) is 23.6. The Hall–Kier alpha value is -2.72. The van der Waals surface area contributed by atoms with Crippen molar-refractivity contribution in [3.8, 4) is 5.69 Å². The Morgan fingerprint density at radius 3 is 2.44 bits per heavy atom. The van der Waals surface area contributed by atoms with Crippen LogP contribution in [-0.2, 0) is 14.8 Å². The molecule has 0 unspecified atom stereocenters. The molecule has 1 aromatic carbocycles. The largest absolute Gasteiger partial charge is 0.476 e. The van der Waals surface area contributed by atoms with Crippen LogP contribution >= 0.6 is 0 Å². The van der Waals surface area contributed by atoms with Gasteiger partial charge in [-0.15, -0.1) is 0 Å². The highest BCUT2D eigenvalue weighted by atomic mass is 32.2. The van der Waals surface area contributed by atoms with Crippen molar-refractivity contribution in [3.05, 3.63) is 42.2 Å². The summed E-state index contributed by atoms with van der Waals surface area (Å²) in [7, 11) is -3.24. The van der Waals surface area contributed by atoms with Gasteiger partial charge in [-0.05, 0) is 31.0 Å². The fourth-order valence-electron chi connectivity index (χ4n) is 3.04. The number of piperidine rings is 1. The highest BCUT2D eigenvalue weighted by Gasteiger charge is 2.29. The van der Waals surface area contributed by atoms with Crippen molar-refractivity contribution in [1.29, 1.82) is 0 Å². The molecule has 27 heavy (non-hydrogen) atoms. The van der Waals surface area contributed by atoms with E-state index in [4.69, 9.17) is 5.11 Å². The minimum absolute atomic E-state index is 0.0933. The Kier molecular flexibility index (Phi) is 5.29. The Balaban J connectivity index is 1.73. The summed E-state index contributed by atoms with van der Waals surface area (Å²) < 4.78 is 25.9. The Bertz CT molecular complexity index is 961. The molecule has 0 aliphatic carbocycles. The third-order valence-electron chi connectivity index (χ3n) is 4.51. The van der Waals surface area contributed by atoms with Gasteiger partial charge in [-0.1, -0.05) is 12.1 Å². The number of carbonyl (C=O) groups is 2. The minimum atomic E-state index is -3.24. The molecule has 1 amide bonds. The van der Waals surface area contributed by atoms with Gasteiger partial charge in [-0.3, -0.25) is 4.79 Å². The minimum Gasteiger partial charge on any atom is -0.476 e. The summed E-state index contributed by atoms with van der Waals surface area (Å²) in [5, 5.41) is 15.9. The number of aromatic nitrogens is 2. The number of aromatic carboxylic acids is 1. The number of hydrogen-bond acceptors (Lipinski definition) is 5. The van der Waals surface area contributed by atoms with E-state index in [0.29, 0.717) is 37.3 Å². The number of nitrogens with one attached hydrogen (secondary N) is 1. The van der Waals surface area contributed by atoms with Crippen LogP contribution in [0, 0.1) is 5.92 Å². The van der Waals surface area contributed by atoms with Crippen LogP contribution in [0.1, 0.15) is 23.3 Å². The number of benzene rings is 1. The molecule has 1 aromatic heterocycles. The number of anilines is 1. The number of sulfonamides is 1. The van der Waals surface area contributed by atoms with Crippen molar-refractivity contribution in [2.24, 2.45) is 5.92 Å². The summed E-state index contributed by atoms with van der Waals surface area (Å²) in [6, 6.07) is 8.33. The molecule has 0 bridgehead atoms. The van der Waals surface area contributed by atoms with Crippen LogP contribution in [0.15, 0.2) is 36.5 Å². The summed E-state index contributed by atoms with van der Waals surface area (Å²) >= 11 is 0. The van der Waals surface area contributed by atoms with Crippen molar-refractivity contribution in [3.63, 3.8) is 0 Å². The molecule has 1 saturated heterocycles. The van der Waals surface area contributed by atoms with Gasteiger partial charge < -0.3 is 10.4 Å². The van der Waals surface area contributed by atoms with Crippen LogP contribution in [0.3, 0.4) is 0 Å². The predicted molar refractivity (Wildman–Crippen MR) is 98.3 cm³/mol. The summed E-state index contributed by atoms with van der Waals surface area (Å²) in [6.45, 7) is 0.638. The van der Waals surface area contributed by atoms with Gasteiger partial charge in [0.05, 0.1) is 17.6 Å². The van der Waals surface area contributed by atoms with Crippen molar-refractivity contribution in [2.45, 2.75) is 12.8 Å². The smallest absolute Gasteiger partial charge is 0.356 e. The second-order valence-electron chi connectivity index (χ2n) is 6.39. The van der Waals surface area contributed by atoms with Crippen LogP contribution < -0.4 is 5.32 Å². The van der Waals surface area contributed by atoms with Gasteiger partial charge in [0.1, 0.15) is 0 Å². The molecule has 144 valence electrons. The average Bonchev–Trinajstić information content (AvgIpc) is 3.12. The van der Waals surface area contributed by atoms with Crippen molar-refractivity contribution in [1.82, 2.24) is 14.1 Å². The molecule has 9 nitrogen and oxygen atoms in total. The SMILES string of the molecule is CS(=O)(=O)N1CCC(C(=O)Nc2ccccc2-n2ccc(C(=O)O)n2)CC1. The molecule has 1 aliphatic rings. The van der Waals surface area contributed by atoms with Gasteiger partial charge in [0.25, 0.3) is 0 Å². The van der Waals surface area contributed by atoms with E-state index in [1.807, 2.05) is 0 Å². The van der Waals surface area contributed by atoms with E-state index in [-0.39, 0.29) is 17.5 Å². The monoisotopic (exact) mass is 392 g/mol. The zero-order valence-electron chi connectivity index (χ0n) is 14.7. The normalized spacial score (nSPS) is 16.2. The van der Waals surface area contributed by atoms with E-state index in [0.717, 1.165) is 0 Å². The number of hydrogen-bond donors (Lipinski definition) is 2. The third-order valence-corrected chi connectivity index (χ3v) is 5.81. The Labute approximate surface area is 156 Å². The zero-order chi connectivity index (χ0) is 19.6. The van der Waals surface area contributed by atoms with E-state index in [1.165, 1.54) is 27.5 Å². The zero-order valence-corrected chi connectivity index (χ0v) is 15.5. The van der Waals surface area contributed by atoms with Crippen molar-refractivity contribution >= 4 is 27.6 Å². The molecule has 2 N–H and O–H groups in total. The molecular weight excluding hydrogens is 372 g/mol. The average molecular weight is 392 g/mol. The fourth-order valence-corrected chi connectivity index (χ4v) is 3.91. The van der Waals surface area contributed by atoms with E-state index < -0.39 is 16.0 Å².